The van der Waals surface area contributed by atoms with Gasteiger partial charge in [-0.15, -0.1) is 0 Å². The maximum Gasteiger partial charge on any atom is 0.244 e. The van der Waals surface area contributed by atoms with Gasteiger partial charge in [0.15, 0.2) is 0 Å². The van der Waals surface area contributed by atoms with Crippen LogP contribution >= 0.6 is 0 Å². The van der Waals surface area contributed by atoms with Crippen LogP contribution in [0.4, 0.5) is 5.69 Å². The van der Waals surface area contributed by atoms with Gasteiger partial charge in [0.05, 0.1) is 26.2 Å². The van der Waals surface area contributed by atoms with E-state index in [1.54, 1.807) is 19.1 Å². The number of amides is 2. The number of aryl methyl sites for hydroxylation is 1. The number of methoxy groups -OCH3 is 2. The van der Waals surface area contributed by atoms with Crippen LogP contribution in [-0.2, 0) is 26.2 Å². The van der Waals surface area contributed by atoms with Crippen molar-refractivity contribution in [3.05, 3.63) is 53.6 Å². The normalized spacial score (nSPS) is 11.9. The Hall–Kier alpha value is -3.27. The molecule has 1 atom stereocenters. The van der Waals surface area contributed by atoms with Crippen molar-refractivity contribution in [3.63, 3.8) is 0 Å². The molecule has 35 heavy (non-hydrogen) atoms. The molecule has 9 nitrogen and oxygen atoms in total. The molecule has 0 saturated carbocycles. The van der Waals surface area contributed by atoms with Crippen molar-refractivity contribution in [3.8, 4) is 11.5 Å². The van der Waals surface area contributed by atoms with Crippen LogP contribution in [0.3, 0.4) is 0 Å². The molecule has 0 aromatic heterocycles. The number of sulfonamides is 1. The van der Waals surface area contributed by atoms with Gasteiger partial charge >= 0.3 is 0 Å². The first kappa shape index (κ1) is 28.0. The monoisotopic (exact) mass is 505 g/mol. The fourth-order valence-electron chi connectivity index (χ4n) is 3.69. The minimum Gasteiger partial charge on any atom is -0.497 e. The Kier molecular flexibility index (Phi) is 9.94. The second-order valence-electron chi connectivity index (χ2n) is 8.13. The molecular weight excluding hydrogens is 470 g/mol. The lowest BCUT2D eigenvalue weighted by atomic mass is 10.1. The van der Waals surface area contributed by atoms with E-state index in [2.05, 4.69) is 5.32 Å². The maximum atomic E-state index is 13.7. The summed E-state index contributed by atoms with van der Waals surface area (Å²) in [6.07, 6.45) is 1.39. The summed E-state index contributed by atoms with van der Waals surface area (Å²) in [5.74, 6) is -0.0764. The molecule has 0 heterocycles. The van der Waals surface area contributed by atoms with Gasteiger partial charge in [-0.1, -0.05) is 36.8 Å². The second kappa shape index (κ2) is 12.4. The van der Waals surface area contributed by atoms with Gasteiger partial charge in [0, 0.05) is 19.2 Å². The molecule has 2 rings (SSSR count). The molecule has 10 heteroatoms. The van der Waals surface area contributed by atoms with Gasteiger partial charge in [0.2, 0.25) is 21.8 Å². The number of hydrogen-bond acceptors (Lipinski definition) is 6. The summed E-state index contributed by atoms with van der Waals surface area (Å²) < 4.78 is 37.1. The number of ether oxygens (including phenoxy) is 2. The Morgan fingerprint density at radius 2 is 1.69 bits per heavy atom. The third kappa shape index (κ3) is 7.35. The van der Waals surface area contributed by atoms with E-state index in [1.165, 1.54) is 25.2 Å². The number of carbonyl (C=O) groups excluding carboxylic acids is 2. The topological polar surface area (TPSA) is 105 Å². The molecule has 1 N–H and O–H groups in total. The highest BCUT2D eigenvalue weighted by Crippen LogP contribution is 2.33. The lowest BCUT2D eigenvalue weighted by Crippen LogP contribution is -2.52. The number of carbonyl (C=O) groups is 2. The molecule has 0 aliphatic heterocycles. The van der Waals surface area contributed by atoms with E-state index in [0.717, 1.165) is 21.7 Å². The van der Waals surface area contributed by atoms with Crippen LogP contribution in [0.1, 0.15) is 31.4 Å². The van der Waals surface area contributed by atoms with Crippen molar-refractivity contribution in [1.82, 2.24) is 10.2 Å². The van der Waals surface area contributed by atoms with Gasteiger partial charge in [-0.05, 0) is 38.0 Å². The average molecular weight is 506 g/mol. The molecule has 192 valence electrons. The van der Waals surface area contributed by atoms with E-state index < -0.39 is 28.5 Å². The predicted molar refractivity (Wildman–Crippen MR) is 136 cm³/mol. The molecule has 0 bridgehead atoms. The van der Waals surface area contributed by atoms with Crippen molar-refractivity contribution in [2.75, 3.05) is 37.9 Å². The Morgan fingerprint density at radius 1 is 1.03 bits per heavy atom. The number of rotatable bonds is 12. The van der Waals surface area contributed by atoms with Crippen molar-refractivity contribution >= 4 is 27.5 Å². The number of hydrogen-bond donors (Lipinski definition) is 1. The van der Waals surface area contributed by atoms with Crippen molar-refractivity contribution in [2.24, 2.45) is 0 Å². The fourth-order valence-corrected chi connectivity index (χ4v) is 4.54. The van der Waals surface area contributed by atoms with E-state index in [1.807, 2.05) is 38.1 Å². The van der Waals surface area contributed by atoms with Gasteiger partial charge in [-0.25, -0.2) is 8.42 Å². The first-order chi connectivity index (χ1) is 16.5. The highest BCUT2D eigenvalue weighted by Gasteiger charge is 2.32. The minimum absolute atomic E-state index is 0.159. The van der Waals surface area contributed by atoms with Gasteiger partial charge in [0.25, 0.3) is 0 Å². The molecule has 2 aromatic rings. The van der Waals surface area contributed by atoms with Crippen molar-refractivity contribution in [1.29, 1.82) is 0 Å². The van der Waals surface area contributed by atoms with Crippen LogP contribution < -0.4 is 19.1 Å². The summed E-state index contributed by atoms with van der Waals surface area (Å²) in [4.78, 5) is 27.9. The summed E-state index contributed by atoms with van der Waals surface area (Å²) in [7, 11) is -0.979. The number of nitrogens with one attached hydrogen (secondary N) is 1. The molecule has 0 aliphatic carbocycles. The van der Waals surface area contributed by atoms with Crippen LogP contribution in [0.2, 0.25) is 0 Å². The lowest BCUT2D eigenvalue weighted by Gasteiger charge is -2.33. The second-order valence-corrected chi connectivity index (χ2v) is 10.0. The summed E-state index contributed by atoms with van der Waals surface area (Å²) in [5.41, 5.74) is 2.10. The molecule has 2 aromatic carbocycles. The zero-order valence-corrected chi connectivity index (χ0v) is 22.0. The van der Waals surface area contributed by atoms with E-state index in [9.17, 15) is 18.0 Å². The van der Waals surface area contributed by atoms with Gasteiger partial charge in [-0.2, -0.15) is 0 Å². The first-order valence-corrected chi connectivity index (χ1v) is 13.2. The zero-order valence-electron chi connectivity index (χ0n) is 21.2. The molecular formula is C25H35N3O6S. The SMILES string of the molecule is CCNC(=O)[C@H](CC)N(Cc1ccc(C)cc1)C(=O)CN(c1ccc(OC)cc1OC)S(C)(=O)=O. The van der Waals surface area contributed by atoms with Crippen LogP contribution in [0.5, 0.6) is 11.5 Å². The molecule has 0 aliphatic rings. The molecule has 0 radical (unpaired) electrons. The van der Waals surface area contributed by atoms with E-state index in [4.69, 9.17) is 9.47 Å². The Bertz CT molecular complexity index is 1120. The van der Waals surface area contributed by atoms with Gasteiger partial charge < -0.3 is 19.7 Å². The van der Waals surface area contributed by atoms with Crippen molar-refractivity contribution < 1.29 is 27.5 Å². The predicted octanol–water partition coefficient (Wildman–Crippen LogP) is 2.72. The minimum atomic E-state index is -3.88. The summed E-state index contributed by atoms with van der Waals surface area (Å²) in [5, 5.41) is 2.77. The van der Waals surface area contributed by atoms with Gasteiger partial charge in [0.1, 0.15) is 24.1 Å². The van der Waals surface area contributed by atoms with Gasteiger partial charge in [-0.3, -0.25) is 13.9 Å². The van der Waals surface area contributed by atoms with Crippen LogP contribution in [-0.4, -0.2) is 64.7 Å². The number of nitrogens with zero attached hydrogens (tertiary/aromatic N) is 2. The lowest BCUT2D eigenvalue weighted by molar-refractivity contribution is -0.140. The highest BCUT2D eigenvalue weighted by molar-refractivity contribution is 7.92. The summed E-state index contributed by atoms with van der Waals surface area (Å²) in [6, 6.07) is 11.5. The zero-order chi connectivity index (χ0) is 26.2. The maximum absolute atomic E-state index is 13.7. The van der Waals surface area contributed by atoms with Crippen LogP contribution in [0, 0.1) is 6.92 Å². The quantitative estimate of drug-likeness (QED) is 0.476. The number of likely N-dealkylation sites (N-methyl/N-ethyl adjacent to an activating group) is 1. The molecule has 2 amide bonds. The highest BCUT2D eigenvalue weighted by atomic mass is 32.2. The third-order valence-electron chi connectivity index (χ3n) is 5.55. The molecule has 0 fully saturated rings. The Balaban J connectivity index is 2.49. The largest absolute Gasteiger partial charge is 0.497 e. The van der Waals surface area contributed by atoms with E-state index in [-0.39, 0.29) is 23.9 Å². The smallest absolute Gasteiger partial charge is 0.244 e. The van der Waals surface area contributed by atoms with E-state index in [0.29, 0.717) is 18.7 Å². The number of benzene rings is 2. The molecule has 0 saturated heterocycles. The molecule has 0 unspecified atom stereocenters. The first-order valence-electron chi connectivity index (χ1n) is 11.4. The standard InChI is InChI=1S/C25H35N3O6S/c1-7-21(25(30)26-8-2)27(16-19-11-9-18(3)10-12-19)24(29)17-28(35(6,31)32)22-14-13-20(33-4)15-23(22)34-5/h9-15,21H,7-8,16-17H2,1-6H3,(H,26,30)/t21-/m0/s1. The van der Waals surface area contributed by atoms with E-state index >= 15 is 0 Å². The molecule has 0 spiro atoms. The Labute approximate surface area is 208 Å². The third-order valence-corrected chi connectivity index (χ3v) is 6.67. The Morgan fingerprint density at radius 3 is 2.20 bits per heavy atom. The van der Waals surface area contributed by atoms with Crippen molar-refractivity contribution in [2.45, 2.75) is 39.8 Å². The summed E-state index contributed by atoms with van der Waals surface area (Å²) in [6.45, 7) is 5.66. The average Bonchev–Trinajstić information content (AvgIpc) is 2.82. The van der Waals surface area contributed by atoms with Crippen LogP contribution in [0.15, 0.2) is 42.5 Å². The number of anilines is 1. The van der Waals surface area contributed by atoms with Crippen LogP contribution in [0.25, 0.3) is 0 Å². The fraction of sp³-hybridized carbons (Fsp3) is 0.440. The summed E-state index contributed by atoms with van der Waals surface area (Å²) >= 11 is 0.